The Bertz CT molecular complexity index is 623. The van der Waals surface area contributed by atoms with Crippen molar-refractivity contribution in [2.24, 2.45) is 5.92 Å². The molecule has 2 amide bonds. The molecule has 0 bridgehead atoms. The van der Waals surface area contributed by atoms with Crippen molar-refractivity contribution in [2.45, 2.75) is 19.4 Å². The third-order valence-electron chi connectivity index (χ3n) is 5.36. The molecule has 2 aliphatic heterocycles. The highest BCUT2D eigenvalue weighted by molar-refractivity contribution is 5.90. The van der Waals surface area contributed by atoms with Gasteiger partial charge in [-0.25, -0.2) is 0 Å². The summed E-state index contributed by atoms with van der Waals surface area (Å²) >= 11 is 0. The van der Waals surface area contributed by atoms with Gasteiger partial charge in [-0.05, 0) is 31.7 Å². The summed E-state index contributed by atoms with van der Waals surface area (Å²) in [6, 6.07) is 7.53. The molecular formula is C19H27N3O3. The zero-order valence-electron chi connectivity index (χ0n) is 15.3. The van der Waals surface area contributed by atoms with Gasteiger partial charge in [-0.15, -0.1) is 0 Å². The van der Waals surface area contributed by atoms with Crippen molar-refractivity contribution >= 4 is 11.8 Å². The molecule has 0 spiro atoms. The Labute approximate surface area is 149 Å². The molecule has 0 aliphatic carbocycles. The van der Waals surface area contributed by atoms with E-state index in [9.17, 15) is 9.59 Å². The standard InChI is InChI=1S/C19H27N3O3/c1-4-22-17(23)13-16(19(24)21-11-9-20(2)10-12-21)18(22)14-5-7-15(25-3)8-6-14/h5-8,16,18H,4,9-13H2,1-3H3/t16-,18+/m1/s1. The fraction of sp³-hybridized carbons (Fsp3) is 0.579. The molecule has 25 heavy (non-hydrogen) atoms. The molecule has 6 heteroatoms. The number of piperazine rings is 1. The van der Waals surface area contributed by atoms with Crippen LogP contribution in [0.2, 0.25) is 0 Å². The summed E-state index contributed by atoms with van der Waals surface area (Å²) in [5, 5.41) is 0. The number of rotatable bonds is 4. The number of carbonyl (C=O) groups is 2. The molecule has 2 saturated heterocycles. The van der Waals surface area contributed by atoms with Crippen LogP contribution in [0.3, 0.4) is 0 Å². The van der Waals surface area contributed by atoms with E-state index in [4.69, 9.17) is 4.74 Å². The summed E-state index contributed by atoms with van der Waals surface area (Å²) in [6.45, 7) is 5.83. The highest BCUT2D eigenvalue weighted by atomic mass is 16.5. The minimum Gasteiger partial charge on any atom is -0.497 e. The summed E-state index contributed by atoms with van der Waals surface area (Å²) < 4.78 is 5.23. The number of likely N-dealkylation sites (N-methyl/N-ethyl adjacent to an activating group) is 1. The second kappa shape index (κ2) is 7.44. The van der Waals surface area contributed by atoms with Gasteiger partial charge < -0.3 is 19.4 Å². The van der Waals surface area contributed by atoms with E-state index in [0.29, 0.717) is 13.0 Å². The molecule has 0 N–H and O–H groups in total. The molecule has 0 radical (unpaired) electrons. The van der Waals surface area contributed by atoms with Crippen LogP contribution in [-0.4, -0.2) is 73.4 Å². The zero-order valence-corrected chi connectivity index (χ0v) is 15.3. The van der Waals surface area contributed by atoms with Crippen LogP contribution >= 0.6 is 0 Å². The predicted molar refractivity (Wildman–Crippen MR) is 95.3 cm³/mol. The minimum absolute atomic E-state index is 0.0656. The number of benzene rings is 1. The number of likely N-dealkylation sites (tertiary alicyclic amines) is 1. The number of hydrogen-bond donors (Lipinski definition) is 0. The lowest BCUT2D eigenvalue weighted by Crippen LogP contribution is -2.49. The lowest BCUT2D eigenvalue weighted by molar-refractivity contribution is -0.138. The van der Waals surface area contributed by atoms with Crippen LogP contribution in [0, 0.1) is 5.92 Å². The van der Waals surface area contributed by atoms with E-state index in [2.05, 4.69) is 11.9 Å². The van der Waals surface area contributed by atoms with Gasteiger partial charge in [0.05, 0.1) is 19.1 Å². The lowest BCUT2D eigenvalue weighted by Gasteiger charge is -2.35. The predicted octanol–water partition coefficient (Wildman–Crippen LogP) is 1.38. The van der Waals surface area contributed by atoms with Crippen LogP contribution in [0.5, 0.6) is 5.75 Å². The van der Waals surface area contributed by atoms with Crippen molar-refractivity contribution in [3.8, 4) is 5.75 Å². The SMILES string of the molecule is CCN1C(=O)C[C@@H](C(=O)N2CCN(C)CC2)[C@@H]1c1ccc(OC)cc1. The van der Waals surface area contributed by atoms with Crippen LogP contribution in [0.25, 0.3) is 0 Å². The Morgan fingerprint density at radius 3 is 2.36 bits per heavy atom. The van der Waals surface area contributed by atoms with Gasteiger partial charge in [0, 0.05) is 39.1 Å². The van der Waals surface area contributed by atoms with Gasteiger partial charge >= 0.3 is 0 Å². The van der Waals surface area contributed by atoms with Gasteiger partial charge in [0.1, 0.15) is 5.75 Å². The first kappa shape index (κ1) is 17.7. The molecule has 2 fully saturated rings. The van der Waals surface area contributed by atoms with Gasteiger partial charge in [0.15, 0.2) is 0 Å². The van der Waals surface area contributed by atoms with E-state index in [0.717, 1.165) is 37.5 Å². The second-order valence-electron chi connectivity index (χ2n) is 6.84. The first-order chi connectivity index (χ1) is 12.0. The largest absolute Gasteiger partial charge is 0.497 e. The van der Waals surface area contributed by atoms with Crippen molar-refractivity contribution < 1.29 is 14.3 Å². The summed E-state index contributed by atoms with van der Waals surface area (Å²) in [4.78, 5) is 31.6. The van der Waals surface area contributed by atoms with Gasteiger partial charge in [-0.1, -0.05) is 12.1 Å². The summed E-state index contributed by atoms with van der Waals surface area (Å²) in [6.07, 6.45) is 0.301. The van der Waals surface area contributed by atoms with Crippen molar-refractivity contribution in [2.75, 3.05) is 46.9 Å². The molecule has 3 rings (SSSR count). The smallest absolute Gasteiger partial charge is 0.228 e. The number of nitrogens with zero attached hydrogens (tertiary/aromatic N) is 3. The molecular weight excluding hydrogens is 318 g/mol. The average Bonchev–Trinajstić information content (AvgIpc) is 2.98. The quantitative estimate of drug-likeness (QED) is 0.827. The molecule has 1 aromatic rings. The van der Waals surface area contributed by atoms with Crippen LogP contribution in [0.15, 0.2) is 24.3 Å². The molecule has 6 nitrogen and oxygen atoms in total. The van der Waals surface area contributed by atoms with Crippen molar-refractivity contribution in [1.29, 1.82) is 0 Å². The van der Waals surface area contributed by atoms with Crippen molar-refractivity contribution in [1.82, 2.24) is 14.7 Å². The third kappa shape index (κ3) is 3.49. The van der Waals surface area contributed by atoms with E-state index in [1.54, 1.807) is 7.11 Å². The number of hydrogen-bond acceptors (Lipinski definition) is 4. The molecule has 0 saturated carbocycles. The first-order valence-corrected chi connectivity index (χ1v) is 8.96. The summed E-state index contributed by atoms with van der Waals surface area (Å²) in [5.41, 5.74) is 1.00. The maximum absolute atomic E-state index is 13.1. The number of carbonyl (C=O) groups excluding carboxylic acids is 2. The summed E-state index contributed by atoms with van der Waals surface area (Å²) in [5.74, 6) is 0.649. The molecule has 2 aliphatic rings. The fourth-order valence-electron chi connectivity index (χ4n) is 3.86. The zero-order chi connectivity index (χ0) is 18.0. The van der Waals surface area contributed by atoms with Crippen LogP contribution < -0.4 is 4.74 Å². The first-order valence-electron chi connectivity index (χ1n) is 8.96. The molecule has 2 atom stereocenters. The highest BCUT2D eigenvalue weighted by Gasteiger charge is 2.45. The lowest BCUT2D eigenvalue weighted by atomic mass is 9.92. The second-order valence-corrected chi connectivity index (χ2v) is 6.84. The van der Waals surface area contributed by atoms with E-state index >= 15 is 0 Å². The van der Waals surface area contributed by atoms with Crippen molar-refractivity contribution in [3.05, 3.63) is 29.8 Å². The maximum Gasteiger partial charge on any atom is 0.228 e. The number of amides is 2. The highest BCUT2D eigenvalue weighted by Crippen LogP contribution is 2.39. The van der Waals surface area contributed by atoms with E-state index in [1.807, 2.05) is 41.0 Å². The van der Waals surface area contributed by atoms with Crippen LogP contribution in [0.4, 0.5) is 0 Å². The van der Waals surface area contributed by atoms with Gasteiger partial charge in [-0.2, -0.15) is 0 Å². The molecule has 136 valence electrons. The van der Waals surface area contributed by atoms with E-state index in [1.165, 1.54) is 0 Å². The van der Waals surface area contributed by atoms with E-state index < -0.39 is 0 Å². The fourth-order valence-corrected chi connectivity index (χ4v) is 3.86. The monoisotopic (exact) mass is 345 g/mol. The average molecular weight is 345 g/mol. The molecule has 0 unspecified atom stereocenters. The van der Waals surface area contributed by atoms with Gasteiger partial charge in [-0.3, -0.25) is 9.59 Å². The topological polar surface area (TPSA) is 53.1 Å². The summed E-state index contributed by atoms with van der Waals surface area (Å²) in [7, 11) is 3.70. The van der Waals surface area contributed by atoms with Crippen LogP contribution in [0.1, 0.15) is 24.9 Å². The number of methoxy groups -OCH3 is 1. The minimum atomic E-state index is -0.302. The van der Waals surface area contributed by atoms with Gasteiger partial charge in [0.2, 0.25) is 11.8 Å². The Morgan fingerprint density at radius 1 is 1.16 bits per heavy atom. The Morgan fingerprint density at radius 2 is 1.80 bits per heavy atom. The maximum atomic E-state index is 13.1. The molecule has 0 aromatic heterocycles. The van der Waals surface area contributed by atoms with E-state index in [-0.39, 0.29) is 23.8 Å². The van der Waals surface area contributed by atoms with Gasteiger partial charge in [0.25, 0.3) is 0 Å². The molecule has 2 heterocycles. The third-order valence-corrected chi connectivity index (χ3v) is 5.36. The van der Waals surface area contributed by atoms with Crippen LogP contribution in [-0.2, 0) is 9.59 Å². The Hall–Kier alpha value is -2.08. The molecule has 1 aromatic carbocycles. The normalized spacial score (nSPS) is 24.7. The number of ether oxygens (including phenoxy) is 1. The Balaban J connectivity index is 1.85. The Kier molecular flexibility index (Phi) is 5.27. The van der Waals surface area contributed by atoms with Crippen molar-refractivity contribution in [3.63, 3.8) is 0 Å².